The maximum atomic E-state index is 13.7. The van der Waals surface area contributed by atoms with Crippen molar-refractivity contribution in [3.05, 3.63) is 66.5 Å². The second-order valence-corrected chi connectivity index (χ2v) is 4.18. The highest BCUT2D eigenvalue weighted by Gasteiger charge is 2.11. The zero-order valence-corrected chi connectivity index (χ0v) is 10.1. The Kier molecular flexibility index (Phi) is 2.76. The quantitative estimate of drug-likeness (QED) is 0.761. The van der Waals surface area contributed by atoms with Crippen LogP contribution in [0.5, 0.6) is 0 Å². The first-order valence-corrected chi connectivity index (χ1v) is 5.91. The van der Waals surface area contributed by atoms with Gasteiger partial charge in [0, 0.05) is 11.6 Å². The molecule has 0 aliphatic carbocycles. The van der Waals surface area contributed by atoms with Crippen molar-refractivity contribution in [2.24, 2.45) is 0 Å². The molecule has 1 heterocycles. The zero-order valence-electron chi connectivity index (χ0n) is 10.1. The van der Waals surface area contributed by atoms with Crippen LogP contribution in [-0.4, -0.2) is 9.78 Å². The highest BCUT2D eigenvalue weighted by atomic mass is 19.1. The maximum Gasteiger partial charge on any atom is 0.132 e. The van der Waals surface area contributed by atoms with Crippen molar-refractivity contribution in [2.75, 3.05) is 5.73 Å². The largest absolute Gasteiger partial charge is 0.384 e. The lowest BCUT2D eigenvalue weighted by atomic mass is 10.1. The van der Waals surface area contributed by atoms with E-state index in [1.165, 1.54) is 6.07 Å². The Morgan fingerprint density at radius 1 is 0.947 bits per heavy atom. The molecule has 0 atom stereocenters. The number of nitrogens with zero attached hydrogens (tertiary/aromatic N) is 2. The van der Waals surface area contributed by atoms with Crippen molar-refractivity contribution < 1.29 is 4.39 Å². The van der Waals surface area contributed by atoms with E-state index in [9.17, 15) is 4.39 Å². The smallest absolute Gasteiger partial charge is 0.132 e. The van der Waals surface area contributed by atoms with E-state index in [0.717, 1.165) is 5.69 Å². The van der Waals surface area contributed by atoms with Gasteiger partial charge in [0.2, 0.25) is 0 Å². The third-order valence-corrected chi connectivity index (χ3v) is 2.89. The van der Waals surface area contributed by atoms with Gasteiger partial charge in [0.1, 0.15) is 11.6 Å². The number of aromatic nitrogens is 2. The third kappa shape index (κ3) is 2.08. The van der Waals surface area contributed by atoms with Gasteiger partial charge in [-0.05, 0) is 24.3 Å². The number of benzene rings is 2. The second kappa shape index (κ2) is 4.57. The summed E-state index contributed by atoms with van der Waals surface area (Å²) in [6, 6.07) is 17.7. The lowest BCUT2D eigenvalue weighted by molar-refractivity contribution is 0.630. The molecule has 94 valence electrons. The molecule has 4 heteroatoms. The molecule has 0 saturated heterocycles. The minimum atomic E-state index is -0.305. The molecule has 2 aromatic carbocycles. The van der Waals surface area contributed by atoms with Crippen LogP contribution >= 0.6 is 0 Å². The molecule has 0 saturated carbocycles. The Morgan fingerprint density at radius 2 is 1.63 bits per heavy atom. The van der Waals surface area contributed by atoms with Crippen LogP contribution in [0.25, 0.3) is 16.9 Å². The van der Waals surface area contributed by atoms with Gasteiger partial charge >= 0.3 is 0 Å². The number of nitrogens with two attached hydrogens (primary N) is 1. The Morgan fingerprint density at radius 3 is 2.37 bits per heavy atom. The van der Waals surface area contributed by atoms with Crippen LogP contribution in [0.4, 0.5) is 10.2 Å². The fourth-order valence-corrected chi connectivity index (χ4v) is 1.97. The van der Waals surface area contributed by atoms with E-state index in [1.54, 1.807) is 28.9 Å². The van der Waals surface area contributed by atoms with E-state index in [4.69, 9.17) is 5.73 Å². The summed E-state index contributed by atoms with van der Waals surface area (Å²) in [5.41, 5.74) is 7.76. The molecular formula is C15H12FN3. The van der Waals surface area contributed by atoms with Crippen molar-refractivity contribution in [1.29, 1.82) is 0 Å². The van der Waals surface area contributed by atoms with E-state index in [0.29, 0.717) is 17.1 Å². The number of para-hydroxylation sites is 1. The van der Waals surface area contributed by atoms with Gasteiger partial charge in [0.15, 0.2) is 0 Å². The van der Waals surface area contributed by atoms with Gasteiger partial charge in [-0.2, -0.15) is 5.10 Å². The number of hydrogen-bond acceptors (Lipinski definition) is 2. The topological polar surface area (TPSA) is 43.8 Å². The Bertz CT molecular complexity index is 704. The summed E-state index contributed by atoms with van der Waals surface area (Å²) >= 11 is 0. The highest BCUT2D eigenvalue weighted by molar-refractivity contribution is 5.64. The van der Waals surface area contributed by atoms with Gasteiger partial charge in [-0.15, -0.1) is 0 Å². The van der Waals surface area contributed by atoms with E-state index in [1.807, 2.05) is 30.3 Å². The first-order chi connectivity index (χ1) is 9.25. The van der Waals surface area contributed by atoms with Crippen LogP contribution in [0.3, 0.4) is 0 Å². The summed E-state index contributed by atoms with van der Waals surface area (Å²) in [6.07, 6.45) is 0. The fraction of sp³-hybridized carbons (Fsp3) is 0. The van der Waals surface area contributed by atoms with Gasteiger partial charge < -0.3 is 5.73 Å². The van der Waals surface area contributed by atoms with Crippen LogP contribution < -0.4 is 5.73 Å². The molecule has 2 N–H and O–H groups in total. The first-order valence-electron chi connectivity index (χ1n) is 5.91. The number of rotatable bonds is 2. The lowest BCUT2D eigenvalue weighted by Crippen LogP contribution is -2.01. The summed E-state index contributed by atoms with van der Waals surface area (Å²) in [5, 5.41) is 4.36. The molecule has 3 aromatic rings. The molecule has 0 radical (unpaired) electrons. The van der Waals surface area contributed by atoms with Crippen LogP contribution in [0.1, 0.15) is 0 Å². The van der Waals surface area contributed by atoms with Crippen LogP contribution in [0.15, 0.2) is 60.7 Å². The minimum absolute atomic E-state index is 0.305. The molecule has 0 bridgehead atoms. The van der Waals surface area contributed by atoms with Gasteiger partial charge in [0.25, 0.3) is 0 Å². The summed E-state index contributed by atoms with van der Waals surface area (Å²) < 4.78 is 15.3. The number of hydrogen-bond donors (Lipinski definition) is 1. The summed E-state index contributed by atoms with van der Waals surface area (Å²) in [5.74, 6) is 0.171. The average molecular weight is 253 g/mol. The van der Waals surface area contributed by atoms with Gasteiger partial charge in [-0.25, -0.2) is 9.07 Å². The Labute approximate surface area is 110 Å². The van der Waals surface area contributed by atoms with Crippen LogP contribution in [0.2, 0.25) is 0 Å². The maximum absolute atomic E-state index is 13.7. The standard InChI is InChI=1S/C15H12FN3/c16-13-9-5-4-8-12(13)14-10-15(17)19(18-14)11-6-2-1-3-7-11/h1-10H,17H2. The van der Waals surface area contributed by atoms with E-state index >= 15 is 0 Å². The van der Waals surface area contributed by atoms with Crippen LogP contribution in [0, 0.1) is 5.82 Å². The second-order valence-electron chi connectivity index (χ2n) is 4.18. The zero-order chi connectivity index (χ0) is 13.2. The molecule has 0 unspecified atom stereocenters. The molecule has 1 aromatic heterocycles. The summed E-state index contributed by atoms with van der Waals surface area (Å²) in [7, 11) is 0. The average Bonchev–Trinajstić information content (AvgIpc) is 2.82. The minimum Gasteiger partial charge on any atom is -0.384 e. The third-order valence-electron chi connectivity index (χ3n) is 2.89. The normalized spacial score (nSPS) is 10.6. The van der Waals surface area contributed by atoms with E-state index in [2.05, 4.69) is 5.10 Å². The molecule has 19 heavy (non-hydrogen) atoms. The van der Waals surface area contributed by atoms with E-state index < -0.39 is 0 Å². The molecule has 0 fully saturated rings. The van der Waals surface area contributed by atoms with Gasteiger partial charge in [0.05, 0.1) is 11.4 Å². The molecule has 0 amide bonds. The molecule has 0 spiro atoms. The number of anilines is 1. The van der Waals surface area contributed by atoms with Crippen molar-refractivity contribution >= 4 is 5.82 Å². The number of nitrogen functional groups attached to an aromatic ring is 1. The molecule has 3 nitrogen and oxygen atoms in total. The SMILES string of the molecule is Nc1cc(-c2ccccc2F)nn1-c1ccccc1. The Balaban J connectivity index is 2.10. The molecule has 0 aliphatic heterocycles. The predicted octanol–water partition coefficient (Wildman–Crippen LogP) is 3.26. The van der Waals surface area contributed by atoms with Crippen molar-refractivity contribution in [3.8, 4) is 16.9 Å². The number of halogens is 1. The monoisotopic (exact) mass is 253 g/mol. The van der Waals surface area contributed by atoms with Crippen molar-refractivity contribution in [1.82, 2.24) is 9.78 Å². The molecule has 0 aliphatic rings. The fourth-order valence-electron chi connectivity index (χ4n) is 1.97. The van der Waals surface area contributed by atoms with Gasteiger partial charge in [-0.1, -0.05) is 30.3 Å². The van der Waals surface area contributed by atoms with Crippen LogP contribution in [-0.2, 0) is 0 Å². The summed E-state index contributed by atoms with van der Waals surface area (Å²) in [4.78, 5) is 0. The first kappa shape index (κ1) is 11.5. The summed E-state index contributed by atoms with van der Waals surface area (Å²) in [6.45, 7) is 0. The van der Waals surface area contributed by atoms with Crippen molar-refractivity contribution in [3.63, 3.8) is 0 Å². The molecule has 3 rings (SSSR count). The van der Waals surface area contributed by atoms with Gasteiger partial charge in [-0.3, -0.25) is 0 Å². The highest BCUT2D eigenvalue weighted by Crippen LogP contribution is 2.24. The lowest BCUT2D eigenvalue weighted by Gasteiger charge is -2.02. The van der Waals surface area contributed by atoms with Crippen molar-refractivity contribution in [2.45, 2.75) is 0 Å². The predicted molar refractivity (Wildman–Crippen MR) is 73.4 cm³/mol. The Hall–Kier alpha value is -2.62. The molecular weight excluding hydrogens is 241 g/mol. The van der Waals surface area contributed by atoms with E-state index in [-0.39, 0.29) is 5.82 Å².